The quantitative estimate of drug-likeness (QED) is 0.838. The van der Waals surface area contributed by atoms with Crippen LogP contribution in [0, 0.1) is 0 Å². The van der Waals surface area contributed by atoms with Crippen LogP contribution in [0.1, 0.15) is 0 Å². The Hall–Kier alpha value is -0.480. The molecule has 0 radical (unpaired) electrons. The van der Waals surface area contributed by atoms with Crippen LogP contribution in [-0.4, -0.2) is 29.5 Å². The SMILES string of the molecule is OC[C@H](O)COc1c(Cl)cccc1Cl. The number of aliphatic hydroxyl groups excluding tert-OH is 2. The molecule has 0 saturated carbocycles. The van der Waals surface area contributed by atoms with E-state index in [1.807, 2.05) is 0 Å². The summed E-state index contributed by atoms with van der Waals surface area (Å²) < 4.78 is 5.15. The van der Waals surface area contributed by atoms with Crippen molar-refractivity contribution in [3.05, 3.63) is 28.2 Å². The Kier molecular flexibility index (Phi) is 4.48. The van der Waals surface area contributed by atoms with Gasteiger partial charge in [-0.1, -0.05) is 29.3 Å². The number of benzene rings is 1. The third kappa shape index (κ3) is 3.03. The van der Waals surface area contributed by atoms with Gasteiger partial charge in [0.1, 0.15) is 12.7 Å². The third-order valence-electron chi connectivity index (χ3n) is 1.55. The lowest BCUT2D eigenvalue weighted by molar-refractivity contribution is 0.0537. The van der Waals surface area contributed by atoms with Crippen LogP contribution in [0.25, 0.3) is 0 Å². The Labute approximate surface area is 91.8 Å². The van der Waals surface area contributed by atoms with E-state index in [2.05, 4.69) is 0 Å². The van der Waals surface area contributed by atoms with Crippen molar-refractivity contribution in [2.75, 3.05) is 13.2 Å². The molecule has 0 bridgehead atoms. The van der Waals surface area contributed by atoms with Crippen LogP contribution < -0.4 is 4.74 Å². The molecule has 0 fully saturated rings. The molecule has 1 atom stereocenters. The number of halogens is 2. The van der Waals surface area contributed by atoms with Gasteiger partial charge < -0.3 is 14.9 Å². The molecule has 78 valence electrons. The Morgan fingerprint density at radius 2 is 1.86 bits per heavy atom. The summed E-state index contributed by atoms with van der Waals surface area (Å²) in [7, 11) is 0. The minimum absolute atomic E-state index is 0.0417. The molecule has 0 aliphatic heterocycles. The standard InChI is InChI=1S/C9H10Cl2O3/c10-7-2-1-3-8(11)9(7)14-5-6(13)4-12/h1-3,6,12-13H,4-5H2/t6-/m0/s1. The fraction of sp³-hybridized carbons (Fsp3) is 0.333. The highest BCUT2D eigenvalue weighted by molar-refractivity contribution is 6.37. The minimum atomic E-state index is -0.928. The zero-order valence-electron chi connectivity index (χ0n) is 7.28. The van der Waals surface area contributed by atoms with Crippen LogP contribution in [0.2, 0.25) is 10.0 Å². The lowest BCUT2D eigenvalue weighted by Crippen LogP contribution is -2.21. The molecule has 0 saturated heterocycles. The molecule has 2 N–H and O–H groups in total. The van der Waals surface area contributed by atoms with Crippen LogP contribution in [-0.2, 0) is 0 Å². The topological polar surface area (TPSA) is 49.7 Å². The van der Waals surface area contributed by atoms with Crippen molar-refractivity contribution in [3.63, 3.8) is 0 Å². The summed E-state index contributed by atoms with van der Waals surface area (Å²) in [4.78, 5) is 0. The summed E-state index contributed by atoms with van der Waals surface area (Å²) in [5, 5.41) is 18.4. The molecule has 0 spiro atoms. The van der Waals surface area contributed by atoms with Gasteiger partial charge in [0.05, 0.1) is 16.7 Å². The zero-order chi connectivity index (χ0) is 10.6. The van der Waals surface area contributed by atoms with Crippen LogP contribution in [0.5, 0.6) is 5.75 Å². The van der Waals surface area contributed by atoms with Crippen molar-refractivity contribution in [3.8, 4) is 5.75 Å². The van der Waals surface area contributed by atoms with Gasteiger partial charge in [0.15, 0.2) is 5.75 Å². The molecular formula is C9H10Cl2O3. The second-order valence-electron chi connectivity index (χ2n) is 2.70. The minimum Gasteiger partial charge on any atom is -0.488 e. The first-order valence-corrected chi connectivity index (χ1v) is 4.76. The first kappa shape index (κ1) is 11.6. The van der Waals surface area contributed by atoms with Crippen LogP contribution in [0.15, 0.2) is 18.2 Å². The van der Waals surface area contributed by atoms with Crippen molar-refractivity contribution in [2.24, 2.45) is 0 Å². The average Bonchev–Trinajstić information content (AvgIpc) is 2.16. The van der Waals surface area contributed by atoms with E-state index >= 15 is 0 Å². The lowest BCUT2D eigenvalue weighted by Gasteiger charge is -2.11. The summed E-state index contributed by atoms with van der Waals surface area (Å²) in [5.74, 6) is 0.323. The lowest BCUT2D eigenvalue weighted by atomic mass is 10.3. The molecule has 0 aliphatic carbocycles. The van der Waals surface area contributed by atoms with Crippen molar-refractivity contribution < 1.29 is 14.9 Å². The molecule has 14 heavy (non-hydrogen) atoms. The Morgan fingerprint density at radius 3 is 2.36 bits per heavy atom. The van der Waals surface area contributed by atoms with E-state index in [1.54, 1.807) is 18.2 Å². The van der Waals surface area contributed by atoms with Crippen molar-refractivity contribution in [1.82, 2.24) is 0 Å². The van der Waals surface area contributed by atoms with E-state index in [-0.39, 0.29) is 13.2 Å². The number of hydrogen-bond acceptors (Lipinski definition) is 3. The molecule has 1 aromatic carbocycles. The second kappa shape index (κ2) is 5.41. The van der Waals surface area contributed by atoms with Gasteiger partial charge in [-0.3, -0.25) is 0 Å². The maximum atomic E-state index is 9.04. The van der Waals surface area contributed by atoms with Crippen LogP contribution in [0.3, 0.4) is 0 Å². The van der Waals surface area contributed by atoms with E-state index in [0.717, 1.165) is 0 Å². The van der Waals surface area contributed by atoms with Gasteiger partial charge in [-0.25, -0.2) is 0 Å². The van der Waals surface area contributed by atoms with Crippen molar-refractivity contribution in [2.45, 2.75) is 6.10 Å². The molecule has 0 heterocycles. The first-order chi connectivity index (χ1) is 6.65. The predicted molar refractivity (Wildman–Crippen MR) is 55.0 cm³/mol. The molecule has 0 aliphatic rings. The van der Waals surface area contributed by atoms with E-state index in [1.165, 1.54) is 0 Å². The van der Waals surface area contributed by atoms with Crippen LogP contribution >= 0.6 is 23.2 Å². The van der Waals surface area contributed by atoms with Gasteiger partial charge in [-0.05, 0) is 12.1 Å². The molecular weight excluding hydrogens is 227 g/mol. The third-order valence-corrected chi connectivity index (χ3v) is 2.15. The number of para-hydroxylation sites is 1. The Bertz CT molecular complexity index is 284. The van der Waals surface area contributed by atoms with E-state index in [4.69, 9.17) is 38.2 Å². The normalized spacial score (nSPS) is 12.6. The second-order valence-corrected chi connectivity index (χ2v) is 3.51. The monoisotopic (exact) mass is 236 g/mol. The smallest absolute Gasteiger partial charge is 0.156 e. The number of aliphatic hydroxyl groups is 2. The van der Waals surface area contributed by atoms with Gasteiger partial charge in [0.2, 0.25) is 0 Å². The Morgan fingerprint density at radius 1 is 1.29 bits per heavy atom. The zero-order valence-corrected chi connectivity index (χ0v) is 8.79. The van der Waals surface area contributed by atoms with Gasteiger partial charge in [-0.15, -0.1) is 0 Å². The van der Waals surface area contributed by atoms with Crippen molar-refractivity contribution in [1.29, 1.82) is 0 Å². The summed E-state index contributed by atoms with van der Waals surface area (Å²) in [5.41, 5.74) is 0. The highest BCUT2D eigenvalue weighted by Gasteiger charge is 2.09. The van der Waals surface area contributed by atoms with E-state index < -0.39 is 6.10 Å². The summed E-state index contributed by atoms with van der Waals surface area (Å²) in [6, 6.07) is 4.96. The van der Waals surface area contributed by atoms with Gasteiger partial charge >= 0.3 is 0 Å². The molecule has 1 aromatic rings. The van der Waals surface area contributed by atoms with Crippen molar-refractivity contribution >= 4 is 23.2 Å². The summed E-state index contributed by atoms with van der Waals surface area (Å²) in [6.07, 6.45) is -0.928. The van der Waals surface area contributed by atoms with Gasteiger partial charge in [0.25, 0.3) is 0 Å². The maximum Gasteiger partial charge on any atom is 0.156 e. The molecule has 0 aromatic heterocycles. The number of ether oxygens (including phenoxy) is 1. The Balaban J connectivity index is 2.66. The number of rotatable bonds is 4. The molecule has 3 nitrogen and oxygen atoms in total. The van der Waals surface area contributed by atoms with E-state index in [9.17, 15) is 0 Å². The van der Waals surface area contributed by atoms with Crippen LogP contribution in [0.4, 0.5) is 0 Å². The van der Waals surface area contributed by atoms with Gasteiger partial charge in [-0.2, -0.15) is 0 Å². The predicted octanol–water partition coefficient (Wildman–Crippen LogP) is 1.73. The fourth-order valence-electron chi connectivity index (χ4n) is 0.853. The fourth-order valence-corrected chi connectivity index (χ4v) is 1.36. The van der Waals surface area contributed by atoms with Gasteiger partial charge in [0, 0.05) is 0 Å². The highest BCUT2D eigenvalue weighted by atomic mass is 35.5. The average molecular weight is 237 g/mol. The highest BCUT2D eigenvalue weighted by Crippen LogP contribution is 2.32. The molecule has 0 amide bonds. The largest absolute Gasteiger partial charge is 0.488 e. The maximum absolute atomic E-state index is 9.04. The molecule has 1 rings (SSSR count). The summed E-state index contributed by atoms with van der Waals surface area (Å²) in [6.45, 7) is -0.401. The summed E-state index contributed by atoms with van der Waals surface area (Å²) >= 11 is 11.6. The number of hydrogen-bond donors (Lipinski definition) is 2. The van der Waals surface area contributed by atoms with E-state index in [0.29, 0.717) is 15.8 Å². The molecule has 0 unspecified atom stereocenters. The first-order valence-electron chi connectivity index (χ1n) is 4.01. The molecule has 5 heteroatoms.